The third-order valence-electron chi connectivity index (χ3n) is 3.87. The number of hydrogen-bond donors (Lipinski definition) is 0. The molecule has 0 amide bonds. The van der Waals surface area contributed by atoms with Crippen molar-refractivity contribution in [1.82, 2.24) is 9.97 Å². The van der Waals surface area contributed by atoms with Crippen LogP contribution < -0.4 is 9.80 Å². The zero-order valence-electron chi connectivity index (χ0n) is 12.0. The zero-order valence-corrected chi connectivity index (χ0v) is 13.6. The summed E-state index contributed by atoms with van der Waals surface area (Å²) in [7, 11) is 0. The van der Waals surface area contributed by atoms with Gasteiger partial charge in [0, 0.05) is 54.8 Å². The first-order valence-corrected chi connectivity index (χ1v) is 9.54. The van der Waals surface area contributed by atoms with Crippen LogP contribution in [0.25, 0.3) is 0 Å². The van der Waals surface area contributed by atoms with Crippen molar-refractivity contribution in [2.75, 3.05) is 53.2 Å². The molecule has 1 aromatic heterocycles. The molecule has 0 saturated carbocycles. The third-order valence-corrected chi connectivity index (χ3v) is 6.03. The standard InChI is InChI=1S/C14H22N4S2/c1-12-2-3-17(6-9-20-12)13-10-14(16-11-15-13)18-4-7-19-8-5-18/h10-12H,2-9H2,1H3. The molecule has 3 heterocycles. The van der Waals surface area contributed by atoms with Crippen molar-refractivity contribution in [2.24, 2.45) is 0 Å². The van der Waals surface area contributed by atoms with Crippen molar-refractivity contribution >= 4 is 35.2 Å². The van der Waals surface area contributed by atoms with E-state index in [1.165, 1.54) is 23.7 Å². The Balaban J connectivity index is 1.72. The Morgan fingerprint density at radius 2 is 1.65 bits per heavy atom. The highest BCUT2D eigenvalue weighted by atomic mass is 32.2. The molecule has 4 nitrogen and oxygen atoms in total. The average Bonchev–Trinajstić information content (AvgIpc) is 2.73. The van der Waals surface area contributed by atoms with Gasteiger partial charge in [0.2, 0.25) is 0 Å². The molecule has 0 bridgehead atoms. The van der Waals surface area contributed by atoms with Crippen molar-refractivity contribution in [3.05, 3.63) is 12.4 Å². The molecule has 0 radical (unpaired) electrons. The van der Waals surface area contributed by atoms with Crippen molar-refractivity contribution < 1.29 is 0 Å². The summed E-state index contributed by atoms with van der Waals surface area (Å²) < 4.78 is 0. The van der Waals surface area contributed by atoms with Gasteiger partial charge in [0.1, 0.15) is 18.0 Å². The number of nitrogens with zero attached hydrogens (tertiary/aromatic N) is 4. The van der Waals surface area contributed by atoms with Crippen molar-refractivity contribution in [3.63, 3.8) is 0 Å². The van der Waals surface area contributed by atoms with Crippen LogP contribution in [0.15, 0.2) is 12.4 Å². The minimum absolute atomic E-state index is 0.764. The van der Waals surface area contributed by atoms with Gasteiger partial charge in [0.15, 0.2) is 0 Å². The summed E-state index contributed by atoms with van der Waals surface area (Å²) in [5, 5.41) is 0.764. The summed E-state index contributed by atoms with van der Waals surface area (Å²) in [5.74, 6) is 5.80. The smallest absolute Gasteiger partial charge is 0.134 e. The second-order valence-electron chi connectivity index (χ2n) is 5.29. The monoisotopic (exact) mass is 310 g/mol. The lowest BCUT2D eigenvalue weighted by Gasteiger charge is -2.28. The maximum Gasteiger partial charge on any atom is 0.134 e. The highest BCUT2D eigenvalue weighted by Gasteiger charge is 2.18. The van der Waals surface area contributed by atoms with Gasteiger partial charge >= 0.3 is 0 Å². The highest BCUT2D eigenvalue weighted by molar-refractivity contribution is 8.00. The van der Waals surface area contributed by atoms with Gasteiger partial charge in [-0.05, 0) is 6.42 Å². The molecule has 1 aromatic rings. The molecule has 0 aliphatic carbocycles. The Bertz CT molecular complexity index is 437. The lowest BCUT2D eigenvalue weighted by atomic mass is 10.3. The summed E-state index contributed by atoms with van der Waals surface area (Å²) in [5.41, 5.74) is 0. The largest absolute Gasteiger partial charge is 0.356 e. The molecular weight excluding hydrogens is 288 g/mol. The highest BCUT2D eigenvalue weighted by Crippen LogP contribution is 2.24. The van der Waals surface area contributed by atoms with Gasteiger partial charge in [0.05, 0.1) is 0 Å². The van der Waals surface area contributed by atoms with Gasteiger partial charge in [-0.2, -0.15) is 23.5 Å². The van der Waals surface area contributed by atoms with E-state index in [1.54, 1.807) is 6.33 Å². The molecule has 2 saturated heterocycles. The Labute approximate surface area is 129 Å². The fourth-order valence-electron chi connectivity index (χ4n) is 2.60. The molecule has 0 N–H and O–H groups in total. The summed E-state index contributed by atoms with van der Waals surface area (Å²) in [6.45, 7) is 6.74. The average molecular weight is 310 g/mol. The zero-order chi connectivity index (χ0) is 13.8. The third kappa shape index (κ3) is 3.52. The van der Waals surface area contributed by atoms with E-state index in [1.807, 2.05) is 11.8 Å². The van der Waals surface area contributed by atoms with Crippen LogP contribution in [0.4, 0.5) is 11.6 Å². The van der Waals surface area contributed by atoms with Crippen LogP contribution in [0, 0.1) is 0 Å². The predicted molar refractivity (Wildman–Crippen MR) is 90.3 cm³/mol. The molecule has 0 spiro atoms. The van der Waals surface area contributed by atoms with Gasteiger partial charge in [-0.1, -0.05) is 6.92 Å². The van der Waals surface area contributed by atoms with Gasteiger partial charge < -0.3 is 9.80 Å². The van der Waals surface area contributed by atoms with Crippen LogP contribution >= 0.6 is 23.5 Å². The topological polar surface area (TPSA) is 32.3 Å². The normalized spacial score (nSPS) is 24.6. The van der Waals surface area contributed by atoms with Gasteiger partial charge in [0.25, 0.3) is 0 Å². The molecule has 1 unspecified atom stereocenters. The van der Waals surface area contributed by atoms with E-state index in [9.17, 15) is 0 Å². The molecule has 2 aliphatic heterocycles. The lowest BCUT2D eigenvalue weighted by molar-refractivity contribution is 0.750. The van der Waals surface area contributed by atoms with Gasteiger partial charge in [-0.3, -0.25) is 0 Å². The molecular formula is C14H22N4S2. The van der Waals surface area contributed by atoms with E-state index in [0.29, 0.717) is 0 Å². The van der Waals surface area contributed by atoms with E-state index in [2.05, 4.69) is 44.5 Å². The Hall–Kier alpha value is -0.620. The number of rotatable bonds is 2. The van der Waals surface area contributed by atoms with E-state index in [0.717, 1.165) is 43.1 Å². The van der Waals surface area contributed by atoms with Crippen LogP contribution in [0.1, 0.15) is 13.3 Å². The lowest BCUT2D eigenvalue weighted by Crippen LogP contribution is -2.33. The van der Waals surface area contributed by atoms with Crippen LogP contribution in [0.3, 0.4) is 0 Å². The molecule has 2 fully saturated rings. The fourth-order valence-corrected chi connectivity index (χ4v) is 4.50. The van der Waals surface area contributed by atoms with Crippen LogP contribution in [-0.4, -0.2) is 58.7 Å². The molecule has 2 aliphatic rings. The first-order valence-electron chi connectivity index (χ1n) is 7.34. The van der Waals surface area contributed by atoms with Gasteiger partial charge in [-0.15, -0.1) is 0 Å². The maximum atomic E-state index is 4.50. The number of thioether (sulfide) groups is 2. The van der Waals surface area contributed by atoms with Crippen LogP contribution in [0.5, 0.6) is 0 Å². The maximum absolute atomic E-state index is 4.50. The summed E-state index contributed by atoms with van der Waals surface area (Å²) in [4.78, 5) is 13.8. The Morgan fingerprint density at radius 3 is 2.40 bits per heavy atom. The van der Waals surface area contributed by atoms with Crippen LogP contribution in [-0.2, 0) is 0 Å². The summed E-state index contributed by atoms with van der Waals surface area (Å²) >= 11 is 4.10. The molecule has 6 heteroatoms. The van der Waals surface area contributed by atoms with Crippen molar-refractivity contribution in [1.29, 1.82) is 0 Å². The molecule has 20 heavy (non-hydrogen) atoms. The quantitative estimate of drug-likeness (QED) is 0.834. The van der Waals surface area contributed by atoms with Crippen molar-refractivity contribution in [3.8, 4) is 0 Å². The molecule has 1 atom stereocenters. The second-order valence-corrected chi connectivity index (χ2v) is 8.06. The van der Waals surface area contributed by atoms with Gasteiger partial charge in [-0.25, -0.2) is 9.97 Å². The van der Waals surface area contributed by atoms with E-state index in [-0.39, 0.29) is 0 Å². The van der Waals surface area contributed by atoms with Crippen LogP contribution in [0.2, 0.25) is 0 Å². The van der Waals surface area contributed by atoms with E-state index in [4.69, 9.17) is 0 Å². The second kappa shape index (κ2) is 6.89. The number of hydrogen-bond acceptors (Lipinski definition) is 6. The Morgan fingerprint density at radius 1 is 1.00 bits per heavy atom. The minimum atomic E-state index is 0.764. The molecule has 0 aromatic carbocycles. The number of anilines is 2. The Kier molecular flexibility index (Phi) is 4.94. The number of aromatic nitrogens is 2. The van der Waals surface area contributed by atoms with E-state index < -0.39 is 0 Å². The predicted octanol–water partition coefficient (Wildman–Crippen LogP) is 2.36. The first kappa shape index (κ1) is 14.3. The summed E-state index contributed by atoms with van der Waals surface area (Å²) in [6, 6.07) is 2.18. The minimum Gasteiger partial charge on any atom is -0.356 e. The molecule has 110 valence electrons. The van der Waals surface area contributed by atoms with E-state index >= 15 is 0 Å². The van der Waals surface area contributed by atoms with Crippen molar-refractivity contribution in [2.45, 2.75) is 18.6 Å². The first-order chi connectivity index (χ1) is 9.83. The summed E-state index contributed by atoms with van der Waals surface area (Å²) in [6.07, 6.45) is 2.97. The fraction of sp³-hybridized carbons (Fsp3) is 0.714. The molecule has 3 rings (SSSR count). The SMILES string of the molecule is CC1CCN(c2cc(N3CCSCC3)ncn2)CCS1.